The molecule has 3 atom stereocenters. The number of pyridine rings is 1. The summed E-state index contributed by atoms with van der Waals surface area (Å²) in [6.07, 6.45) is 0.887. The lowest BCUT2D eigenvalue weighted by Gasteiger charge is -2.40. The molecule has 2 aliphatic rings. The Kier molecular flexibility index (Phi) is 3.98. The molecule has 2 aromatic carbocycles. The molecule has 6 heteroatoms. The van der Waals surface area contributed by atoms with E-state index in [-0.39, 0.29) is 17.6 Å². The Morgan fingerprint density at radius 3 is 2.55 bits per heavy atom. The molecule has 5 rings (SSSR count). The normalized spacial score (nSPS) is 25.1. The zero-order valence-corrected chi connectivity index (χ0v) is 16.6. The third-order valence-electron chi connectivity index (χ3n) is 6.29. The molecule has 0 unspecified atom stereocenters. The van der Waals surface area contributed by atoms with Crippen molar-refractivity contribution in [3.05, 3.63) is 69.0 Å². The number of aryl methyl sites for hydroxylation is 1. The molecule has 3 heterocycles. The lowest BCUT2D eigenvalue weighted by atomic mass is 9.77. The third kappa shape index (κ3) is 2.39. The van der Waals surface area contributed by atoms with Crippen LogP contribution in [0.2, 0.25) is 0 Å². The minimum absolute atomic E-state index is 0.179. The number of aromatic nitrogens is 1. The van der Waals surface area contributed by atoms with Gasteiger partial charge in [0.1, 0.15) is 11.4 Å². The van der Waals surface area contributed by atoms with Crippen molar-refractivity contribution in [3.63, 3.8) is 0 Å². The van der Waals surface area contributed by atoms with Crippen molar-refractivity contribution in [2.45, 2.75) is 37.6 Å². The van der Waals surface area contributed by atoms with E-state index in [1.807, 2.05) is 43.3 Å². The molecule has 6 nitrogen and oxygen atoms in total. The molecule has 0 radical (unpaired) electrons. The van der Waals surface area contributed by atoms with Crippen LogP contribution < -0.4 is 14.9 Å². The monoisotopic (exact) mass is 393 g/mol. The molecule has 0 amide bonds. The summed E-state index contributed by atoms with van der Waals surface area (Å²) in [7, 11) is 3.10. The average molecular weight is 393 g/mol. The van der Waals surface area contributed by atoms with Gasteiger partial charge in [-0.25, -0.2) is 0 Å². The first kappa shape index (κ1) is 18.2. The first-order valence-corrected chi connectivity index (χ1v) is 9.75. The zero-order chi connectivity index (χ0) is 20.3. The lowest BCUT2D eigenvalue weighted by Crippen LogP contribution is -2.44. The summed E-state index contributed by atoms with van der Waals surface area (Å²) in [5.74, 6) is 1.01. The second-order valence-electron chi connectivity index (χ2n) is 7.75. The fraction of sp³-hybridized carbons (Fsp3) is 0.348. The fourth-order valence-corrected chi connectivity index (χ4v) is 4.94. The summed E-state index contributed by atoms with van der Waals surface area (Å²) < 4.78 is 16.9. The van der Waals surface area contributed by atoms with Gasteiger partial charge in [0.05, 0.1) is 43.0 Å². The van der Waals surface area contributed by atoms with Gasteiger partial charge < -0.3 is 24.3 Å². The minimum Gasteiger partial charge on any atom is -0.497 e. The van der Waals surface area contributed by atoms with Crippen LogP contribution in [0.15, 0.2) is 41.2 Å². The van der Waals surface area contributed by atoms with Gasteiger partial charge in [0.2, 0.25) is 5.43 Å². The van der Waals surface area contributed by atoms with Crippen LogP contribution >= 0.6 is 0 Å². The molecule has 0 saturated carbocycles. The molecule has 0 spiro atoms. The van der Waals surface area contributed by atoms with E-state index in [4.69, 9.17) is 14.2 Å². The molecule has 1 aromatic heterocycles. The molecule has 29 heavy (non-hydrogen) atoms. The molecular formula is C23H23NO5. The number of benzene rings is 2. The summed E-state index contributed by atoms with van der Waals surface area (Å²) in [5, 5.41) is 12.5. The SMILES string of the molecule is COc1ccc([C@@]2(O)c3ccc4[nH]c(C)c(OC)c(=O)c4c3[C@@H]3CC[C@H]2O3)cc1. The molecule has 3 aromatic rings. The molecule has 1 saturated heterocycles. The topological polar surface area (TPSA) is 80.8 Å². The van der Waals surface area contributed by atoms with Crippen LogP contribution in [0.4, 0.5) is 0 Å². The van der Waals surface area contributed by atoms with Crippen LogP contribution in [0.1, 0.15) is 41.3 Å². The summed E-state index contributed by atoms with van der Waals surface area (Å²) in [6.45, 7) is 1.81. The van der Waals surface area contributed by atoms with Crippen LogP contribution in [-0.4, -0.2) is 30.4 Å². The van der Waals surface area contributed by atoms with Gasteiger partial charge in [0.15, 0.2) is 5.75 Å². The van der Waals surface area contributed by atoms with Gasteiger partial charge >= 0.3 is 0 Å². The number of hydrogen-bond donors (Lipinski definition) is 2. The first-order valence-electron chi connectivity index (χ1n) is 9.75. The number of aliphatic hydroxyl groups is 1. The smallest absolute Gasteiger partial charge is 0.231 e. The van der Waals surface area contributed by atoms with E-state index >= 15 is 0 Å². The van der Waals surface area contributed by atoms with Crippen LogP contribution in [-0.2, 0) is 10.3 Å². The summed E-state index contributed by atoms with van der Waals surface area (Å²) in [6, 6.07) is 11.1. The molecule has 150 valence electrons. The Morgan fingerprint density at radius 1 is 1.10 bits per heavy atom. The van der Waals surface area contributed by atoms with Crippen LogP contribution in [0.3, 0.4) is 0 Å². The number of H-pyrrole nitrogens is 1. The number of ether oxygens (including phenoxy) is 3. The average Bonchev–Trinajstić information content (AvgIpc) is 3.19. The number of aromatic amines is 1. The maximum atomic E-state index is 13.3. The van der Waals surface area contributed by atoms with Crippen molar-refractivity contribution < 1.29 is 19.3 Å². The Bertz CT molecular complexity index is 1170. The summed E-state index contributed by atoms with van der Waals surface area (Å²) in [5.41, 5.74) is 2.09. The van der Waals surface area contributed by atoms with Crippen molar-refractivity contribution in [2.75, 3.05) is 14.2 Å². The number of hydrogen-bond acceptors (Lipinski definition) is 5. The van der Waals surface area contributed by atoms with Crippen molar-refractivity contribution in [1.29, 1.82) is 0 Å². The van der Waals surface area contributed by atoms with E-state index in [0.717, 1.165) is 28.6 Å². The number of rotatable bonds is 3. The third-order valence-corrected chi connectivity index (χ3v) is 6.29. The highest BCUT2D eigenvalue weighted by Gasteiger charge is 2.52. The van der Waals surface area contributed by atoms with E-state index in [0.29, 0.717) is 29.0 Å². The second kappa shape index (κ2) is 6.34. The quantitative estimate of drug-likeness (QED) is 0.714. The van der Waals surface area contributed by atoms with E-state index in [1.54, 1.807) is 7.11 Å². The van der Waals surface area contributed by atoms with E-state index in [2.05, 4.69) is 4.98 Å². The Labute approximate surface area is 168 Å². The molecule has 2 aliphatic heterocycles. The Hall–Kier alpha value is -2.83. The number of fused-ring (bicyclic) bond motifs is 6. The second-order valence-corrected chi connectivity index (χ2v) is 7.75. The maximum absolute atomic E-state index is 13.3. The largest absolute Gasteiger partial charge is 0.497 e. The lowest BCUT2D eigenvalue weighted by molar-refractivity contribution is -0.101. The van der Waals surface area contributed by atoms with Crippen LogP contribution in [0, 0.1) is 6.92 Å². The van der Waals surface area contributed by atoms with Crippen molar-refractivity contribution in [3.8, 4) is 11.5 Å². The molecule has 1 fully saturated rings. The van der Waals surface area contributed by atoms with Crippen molar-refractivity contribution >= 4 is 10.9 Å². The summed E-state index contributed by atoms with van der Waals surface area (Å²) in [4.78, 5) is 16.5. The zero-order valence-electron chi connectivity index (χ0n) is 16.6. The maximum Gasteiger partial charge on any atom is 0.231 e. The van der Waals surface area contributed by atoms with Crippen LogP contribution in [0.5, 0.6) is 11.5 Å². The van der Waals surface area contributed by atoms with E-state index in [9.17, 15) is 9.90 Å². The predicted octanol–water partition coefficient (Wildman–Crippen LogP) is 3.32. The Balaban J connectivity index is 1.83. The van der Waals surface area contributed by atoms with Gasteiger partial charge in [0.25, 0.3) is 0 Å². The van der Waals surface area contributed by atoms with E-state index in [1.165, 1.54) is 7.11 Å². The fourth-order valence-electron chi connectivity index (χ4n) is 4.94. The van der Waals surface area contributed by atoms with Gasteiger partial charge in [-0.05, 0) is 49.1 Å². The van der Waals surface area contributed by atoms with Crippen molar-refractivity contribution in [2.24, 2.45) is 0 Å². The Morgan fingerprint density at radius 2 is 1.86 bits per heavy atom. The highest BCUT2D eigenvalue weighted by atomic mass is 16.5. The van der Waals surface area contributed by atoms with Gasteiger partial charge in [-0.3, -0.25) is 4.79 Å². The summed E-state index contributed by atoms with van der Waals surface area (Å²) >= 11 is 0. The van der Waals surface area contributed by atoms with Gasteiger partial charge in [-0.15, -0.1) is 0 Å². The van der Waals surface area contributed by atoms with Gasteiger partial charge in [0, 0.05) is 5.56 Å². The molecule has 2 N–H and O–H groups in total. The minimum atomic E-state index is -1.34. The highest BCUT2D eigenvalue weighted by molar-refractivity contribution is 5.86. The molecule has 2 bridgehead atoms. The van der Waals surface area contributed by atoms with E-state index < -0.39 is 5.60 Å². The standard InChI is InChI=1S/C23H23NO5/c1-12-22(28-3)21(25)20-16(24-12)9-8-15-19(20)17-10-11-18(29-17)23(15,26)13-4-6-14(27-2)7-5-13/h4-9,17-18,26H,10-11H2,1-3H3,(H,24,25)/t17-,18+,23+/m0/s1. The van der Waals surface area contributed by atoms with Crippen molar-refractivity contribution in [1.82, 2.24) is 4.98 Å². The molecule has 0 aliphatic carbocycles. The number of nitrogens with one attached hydrogen (secondary N) is 1. The van der Waals surface area contributed by atoms with Crippen LogP contribution in [0.25, 0.3) is 10.9 Å². The molecular weight excluding hydrogens is 370 g/mol. The van der Waals surface area contributed by atoms with Gasteiger partial charge in [-0.1, -0.05) is 18.2 Å². The predicted molar refractivity (Wildman–Crippen MR) is 109 cm³/mol. The number of methoxy groups -OCH3 is 2. The van der Waals surface area contributed by atoms with Gasteiger partial charge in [-0.2, -0.15) is 0 Å². The highest BCUT2D eigenvalue weighted by Crippen LogP contribution is 2.53. The first-order chi connectivity index (χ1) is 14.0.